The van der Waals surface area contributed by atoms with Gasteiger partial charge < -0.3 is 4.74 Å². The Hall–Kier alpha value is -2.84. The summed E-state index contributed by atoms with van der Waals surface area (Å²) >= 11 is 15.7. The van der Waals surface area contributed by atoms with Crippen LogP contribution in [0.1, 0.15) is 32.4 Å². The van der Waals surface area contributed by atoms with Crippen LogP contribution in [0.3, 0.4) is 0 Å². The van der Waals surface area contributed by atoms with Crippen molar-refractivity contribution in [3.8, 4) is 0 Å². The zero-order valence-electron chi connectivity index (χ0n) is 17.7. The van der Waals surface area contributed by atoms with Gasteiger partial charge in [0.1, 0.15) is 0 Å². The van der Waals surface area contributed by atoms with Crippen LogP contribution >= 0.6 is 39.1 Å². The third-order valence-electron chi connectivity index (χ3n) is 6.87. The molecule has 0 unspecified atom stereocenters. The number of amides is 2. The first-order valence-electron chi connectivity index (χ1n) is 10.7. The Morgan fingerprint density at radius 3 is 2.06 bits per heavy atom. The molecule has 2 heterocycles. The van der Waals surface area contributed by atoms with Gasteiger partial charge in [0.2, 0.25) is 29.0 Å². The Labute approximate surface area is 217 Å². The van der Waals surface area contributed by atoms with Crippen LogP contribution < -0.4 is 4.90 Å². The van der Waals surface area contributed by atoms with Crippen molar-refractivity contribution >= 4 is 68.2 Å². The highest BCUT2D eigenvalue weighted by molar-refractivity contribution is 9.10. The van der Waals surface area contributed by atoms with E-state index in [-0.39, 0.29) is 21.8 Å². The van der Waals surface area contributed by atoms with Crippen molar-refractivity contribution < 1.29 is 23.9 Å². The van der Waals surface area contributed by atoms with Gasteiger partial charge in [-0.05, 0) is 35.9 Å². The Morgan fingerprint density at radius 1 is 0.829 bits per heavy atom. The minimum Gasteiger partial charge on any atom is -0.349 e. The van der Waals surface area contributed by atoms with E-state index in [2.05, 4.69) is 15.9 Å². The molecule has 0 radical (unpaired) electrons. The second-order valence-corrected chi connectivity index (χ2v) is 10.4. The van der Waals surface area contributed by atoms with E-state index in [0.717, 1.165) is 9.37 Å². The maximum Gasteiger partial charge on any atom is 0.241 e. The van der Waals surface area contributed by atoms with Crippen molar-refractivity contribution in [2.75, 3.05) is 4.90 Å². The number of benzene rings is 3. The highest BCUT2D eigenvalue weighted by Crippen LogP contribution is 2.58. The molecule has 0 aromatic heterocycles. The molecule has 3 aromatic rings. The number of fused-ring (bicyclic) bond motifs is 3. The molecule has 2 fully saturated rings. The SMILES string of the molecule is O=C1[C@@H]2[C@H](c3ccc(Br)cc3)OC3(C(=O)c4ccccc4C3=O)[C@H]2C(=O)N1c1ccc(Cl)cc1Cl. The van der Waals surface area contributed by atoms with Crippen LogP contribution in [0.25, 0.3) is 0 Å². The summed E-state index contributed by atoms with van der Waals surface area (Å²) in [6.45, 7) is 0. The van der Waals surface area contributed by atoms with Gasteiger partial charge in [-0.25, -0.2) is 4.90 Å². The van der Waals surface area contributed by atoms with E-state index in [9.17, 15) is 19.2 Å². The standard InChI is InChI=1S/C26H14BrCl2NO5/c27-13-7-5-12(6-8-13)21-19-20(25(34)30(24(19)33)18-10-9-14(28)11-17(18)29)26(35-21)22(31)15-3-1-2-4-16(15)23(26)32/h1-11,19-21H/t19-,20+,21-/m0/s1. The number of hydrogen-bond acceptors (Lipinski definition) is 5. The first-order valence-corrected chi connectivity index (χ1v) is 12.3. The fourth-order valence-electron chi connectivity index (χ4n) is 5.37. The Bertz CT molecular complexity index is 1440. The van der Waals surface area contributed by atoms with Gasteiger partial charge in [-0.15, -0.1) is 0 Å². The Morgan fingerprint density at radius 2 is 1.46 bits per heavy atom. The first kappa shape index (κ1) is 22.6. The number of ketones is 2. The molecule has 6 nitrogen and oxygen atoms in total. The van der Waals surface area contributed by atoms with Crippen LogP contribution in [-0.2, 0) is 14.3 Å². The summed E-state index contributed by atoms with van der Waals surface area (Å²) in [4.78, 5) is 56.1. The van der Waals surface area contributed by atoms with Crippen LogP contribution in [0.15, 0.2) is 71.2 Å². The summed E-state index contributed by atoms with van der Waals surface area (Å²) in [6, 6.07) is 17.8. The van der Waals surface area contributed by atoms with Crippen LogP contribution in [0.5, 0.6) is 0 Å². The molecule has 9 heteroatoms. The summed E-state index contributed by atoms with van der Waals surface area (Å²) < 4.78 is 7.05. The Balaban J connectivity index is 1.55. The molecule has 1 spiro atoms. The maximum absolute atomic E-state index is 13.9. The van der Waals surface area contributed by atoms with E-state index in [1.165, 1.54) is 30.3 Å². The monoisotopic (exact) mass is 569 g/mol. The van der Waals surface area contributed by atoms with Gasteiger partial charge in [0.15, 0.2) is 0 Å². The third-order valence-corrected chi connectivity index (χ3v) is 7.93. The van der Waals surface area contributed by atoms with Crippen LogP contribution in [0.2, 0.25) is 10.0 Å². The van der Waals surface area contributed by atoms with Crippen molar-refractivity contribution in [3.05, 3.63) is 97.9 Å². The predicted molar refractivity (Wildman–Crippen MR) is 132 cm³/mol. The van der Waals surface area contributed by atoms with E-state index in [1.807, 2.05) is 0 Å². The molecular weight excluding hydrogens is 557 g/mol. The summed E-state index contributed by atoms with van der Waals surface area (Å²) in [5.41, 5.74) is -1.07. The Kier molecular flexibility index (Phi) is 5.06. The number of halogens is 3. The van der Waals surface area contributed by atoms with E-state index < -0.39 is 46.9 Å². The van der Waals surface area contributed by atoms with Gasteiger partial charge in [0, 0.05) is 20.6 Å². The predicted octanol–water partition coefficient (Wildman–Crippen LogP) is 5.45. The molecule has 0 N–H and O–H groups in total. The lowest BCUT2D eigenvalue weighted by molar-refractivity contribution is -0.127. The molecule has 0 saturated carbocycles. The zero-order valence-corrected chi connectivity index (χ0v) is 20.8. The van der Waals surface area contributed by atoms with Crippen LogP contribution in [0.4, 0.5) is 5.69 Å². The number of carbonyl (C=O) groups is 4. The van der Waals surface area contributed by atoms with Gasteiger partial charge in [-0.3, -0.25) is 19.2 Å². The molecule has 3 atom stereocenters. The molecule has 1 aliphatic carbocycles. The second-order valence-electron chi connectivity index (χ2n) is 8.64. The van der Waals surface area contributed by atoms with Gasteiger partial charge in [-0.1, -0.05) is 75.5 Å². The van der Waals surface area contributed by atoms with Gasteiger partial charge in [-0.2, -0.15) is 0 Å². The quantitative estimate of drug-likeness (QED) is 0.302. The molecule has 6 rings (SSSR count). The number of carbonyl (C=O) groups excluding carboxylic acids is 4. The van der Waals surface area contributed by atoms with Gasteiger partial charge in [0.25, 0.3) is 0 Å². The van der Waals surface area contributed by atoms with Crippen LogP contribution in [-0.4, -0.2) is 29.0 Å². The molecular formula is C26H14BrCl2NO5. The lowest BCUT2D eigenvalue weighted by Gasteiger charge is -2.27. The second kappa shape index (κ2) is 7.83. The number of anilines is 1. The third kappa shape index (κ3) is 2.99. The van der Waals surface area contributed by atoms with Crippen molar-refractivity contribution in [1.29, 1.82) is 0 Å². The van der Waals surface area contributed by atoms with Crippen molar-refractivity contribution in [2.45, 2.75) is 11.7 Å². The molecule has 35 heavy (non-hydrogen) atoms. The normalized spacial score (nSPS) is 24.4. The molecule has 2 aliphatic heterocycles. The van der Waals surface area contributed by atoms with Gasteiger partial charge in [0.05, 0.1) is 28.6 Å². The summed E-state index contributed by atoms with van der Waals surface area (Å²) in [6.07, 6.45) is -0.997. The molecule has 3 aliphatic rings. The number of rotatable bonds is 2. The summed E-state index contributed by atoms with van der Waals surface area (Å²) in [7, 11) is 0. The summed E-state index contributed by atoms with van der Waals surface area (Å²) in [5, 5.41) is 0.434. The van der Waals surface area contributed by atoms with Crippen molar-refractivity contribution in [3.63, 3.8) is 0 Å². The smallest absolute Gasteiger partial charge is 0.241 e. The molecule has 2 saturated heterocycles. The number of imide groups is 1. The lowest BCUT2D eigenvalue weighted by Crippen LogP contribution is -2.51. The van der Waals surface area contributed by atoms with Crippen molar-refractivity contribution in [2.24, 2.45) is 11.8 Å². The highest BCUT2D eigenvalue weighted by Gasteiger charge is 2.74. The molecule has 0 bridgehead atoms. The van der Waals surface area contributed by atoms with E-state index in [4.69, 9.17) is 27.9 Å². The maximum atomic E-state index is 13.9. The molecule has 2 amide bonds. The minimum atomic E-state index is -2.13. The van der Waals surface area contributed by atoms with Crippen molar-refractivity contribution in [1.82, 2.24) is 0 Å². The number of hydrogen-bond donors (Lipinski definition) is 0. The fourth-order valence-corrected chi connectivity index (χ4v) is 6.13. The fraction of sp³-hybridized carbons (Fsp3) is 0.154. The molecule has 3 aromatic carbocycles. The first-order chi connectivity index (χ1) is 16.8. The molecule has 174 valence electrons. The highest BCUT2D eigenvalue weighted by atomic mass is 79.9. The number of Topliss-reactive ketones (excluding diaryl/α,β-unsaturated/α-hetero) is 2. The zero-order chi connectivity index (χ0) is 24.6. The van der Waals surface area contributed by atoms with Crippen LogP contribution in [0, 0.1) is 11.8 Å². The van der Waals surface area contributed by atoms with E-state index in [0.29, 0.717) is 10.6 Å². The number of ether oxygens (including phenoxy) is 1. The van der Waals surface area contributed by atoms with E-state index in [1.54, 1.807) is 36.4 Å². The lowest BCUT2D eigenvalue weighted by atomic mass is 9.77. The average molecular weight is 571 g/mol. The topological polar surface area (TPSA) is 80.8 Å². The largest absolute Gasteiger partial charge is 0.349 e. The average Bonchev–Trinajstić information content (AvgIpc) is 3.40. The summed E-state index contributed by atoms with van der Waals surface area (Å²) in [5.74, 6) is -4.97. The number of nitrogens with zero attached hydrogens (tertiary/aromatic N) is 1. The van der Waals surface area contributed by atoms with E-state index >= 15 is 0 Å². The van der Waals surface area contributed by atoms with Gasteiger partial charge >= 0.3 is 0 Å². The minimum absolute atomic E-state index is 0.0988.